The van der Waals surface area contributed by atoms with E-state index >= 15 is 0 Å². The number of carbonyl (C=O) groups is 2. The van der Waals surface area contributed by atoms with E-state index in [1.807, 2.05) is 0 Å². The molecule has 0 aromatic carbocycles. The molecule has 0 fully saturated rings. The van der Waals surface area contributed by atoms with E-state index in [0.29, 0.717) is 0 Å². The second kappa shape index (κ2) is 10.9. The summed E-state index contributed by atoms with van der Waals surface area (Å²) in [5, 5.41) is 0. The van der Waals surface area contributed by atoms with Crippen molar-refractivity contribution in [2.24, 2.45) is 0 Å². The van der Waals surface area contributed by atoms with E-state index in [2.05, 4.69) is 0 Å². The number of nitrogens with one attached hydrogen (secondary N) is 2. The molecule has 2 amide bonds. The van der Waals surface area contributed by atoms with Crippen LogP contribution >= 0.6 is 0 Å². The van der Waals surface area contributed by atoms with Gasteiger partial charge in [0.15, 0.2) is 0 Å². The van der Waals surface area contributed by atoms with Crippen molar-refractivity contribution < 1.29 is 42.3 Å². The Morgan fingerprint density at radius 2 is 1.00 bits per heavy atom. The molecule has 0 spiro atoms. The zero-order chi connectivity index (χ0) is 7.15. The summed E-state index contributed by atoms with van der Waals surface area (Å²) in [5.74, 6) is -1.17. The molecule has 0 bridgehead atoms. The van der Waals surface area contributed by atoms with Crippen LogP contribution in [0.3, 0.4) is 0 Å². The molecule has 2 N–H and O–H groups in total. The van der Waals surface area contributed by atoms with Gasteiger partial charge in [-0.25, -0.2) is 0 Å². The van der Waals surface area contributed by atoms with E-state index < -0.39 is 11.8 Å². The Morgan fingerprint density at radius 1 is 1.00 bits per heavy atom. The number of hydrogen-bond acceptors (Lipinski definition) is 2. The minimum atomic E-state index is -0.583. The zero-order valence-electron chi connectivity index (χ0n) is 5.39. The molecule has 0 heterocycles. The van der Waals surface area contributed by atoms with Crippen molar-refractivity contribution in [3.05, 3.63) is 11.5 Å². The normalized spacial score (nSPS) is 5.56. The van der Waals surface area contributed by atoms with Crippen molar-refractivity contribution in [3.63, 3.8) is 0 Å². The van der Waals surface area contributed by atoms with Gasteiger partial charge in [-0.3, -0.25) is 0 Å². The Balaban J connectivity index is -0.0000000720. The fourth-order valence-corrected chi connectivity index (χ4v) is 0. The van der Waals surface area contributed by atoms with Crippen LogP contribution in [0.5, 0.6) is 0 Å². The predicted molar refractivity (Wildman–Crippen MR) is 30.0 cm³/mol. The van der Waals surface area contributed by atoms with Gasteiger partial charge in [-0.05, 0) is 13.8 Å². The largest absolute Gasteiger partial charge is 0.668 e. The van der Waals surface area contributed by atoms with Gasteiger partial charge in [0.2, 0.25) is 0 Å². The number of hydrogen-bond donors (Lipinski definition) is 0. The van der Waals surface area contributed by atoms with E-state index in [1.165, 1.54) is 13.8 Å². The number of carbonyl (C=O) groups excluding carboxylic acids is 2. The molecule has 5 heteroatoms. The average Bonchev–Trinajstić information content (AvgIpc) is 1.25. The topological polar surface area (TPSA) is 81.7 Å². The molecular weight excluding hydrogens is 197 g/mol. The van der Waals surface area contributed by atoms with Gasteiger partial charge in [-0.2, -0.15) is 0 Å². The molecule has 0 aromatic heterocycles. The van der Waals surface area contributed by atoms with Crippen molar-refractivity contribution in [1.29, 1.82) is 0 Å². The molecule has 0 rings (SSSR count). The molecule has 0 aliphatic rings. The second-order valence-corrected chi connectivity index (χ2v) is 1.11. The van der Waals surface area contributed by atoms with Crippen LogP contribution in [-0.4, -0.2) is 11.8 Å². The first kappa shape index (κ1) is 16.0. The van der Waals surface area contributed by atoms with Gasteiger partial charge >= 0.3 is 0 Å². The molecular formula is C4H8N2O2Y-2. The van der Waals surface area contributed by atoms with Crippen molar-refractivity contribution in [3.8, 4) is 0 Å². The van der Waals surface area contributed by atoms with Gasteiger partial charge < -0.3 is 21.1 Å². The van der Waals surface area contributed by atoms with Crippen LogP contribution < -0.4 is 0 Å². The number of amides is 2. The van der Waals surface area contributed by atoms with Crippen LogP contribution in [0.25, 0.3) is 11.5 Å². The van der Waals surface area contributed by atoms with E-state index in [9.17, 15) is 0 Å². The maximum Gasteiger partial charge on any atom is 0.0456 e. The molecule has 0 atom stereocenters. The molecule has 0 saturated heterocycles. The van der Waals surface area contributed by atoms with Crippen molar-refractivity contribution in [2.75, 3.05) is 0 Å². The summed E-state index contributed by atoms with van der Waals surface area (Å²) < 4.78 is 0. The van der Waals surface area contributed by atoms with Gasteiger partial charge in [0, 0.05) is 44.5 Å². The quantitative estimate of drug-likeness (QED) is 0.594. The zero-order valence-corrected chi connectivity index (χ0v) is 8.23. The summed E-state index contributed by atoms with van der Waals surface area (Å²) in [7, 11) is 0. The SMILES string of the molecule is CC([NH-])=O.CC([NH-])=O.[Y]. The average molecular weight is 205 g/mol. The molecule has 0 aromatic rings. The molecule has 0 aliphatic heterocycles. The van der Waals surface area contributed by atoms with Gasteiger partial charge in [0.25, 0.3) is 0 Å². The summed E-state index contributed by atoms with van der Waals surface area (Å²) in [5.41, 5.74) is 11.9. The van der Waals surface area contributed by atoms with Crippen molar-refractivity contribution in [2.45, 2.75) is 13.8 Å². The maximum atomic E-state index is 9.11. The van der Waals surface area contributed by atoms with E-state index in [0.717, 1.165) is 0 Å². The minimum Gasteiger partial charge on any atom is -0.668 e. The van der Waals surface area contributed by atoms with Crippen LogP contribution in [0, 0.1) is 0 Å². The Hall–Kier alpha value is 0.0439. The van der Waals surface area contributed by atoms with Crippen LogP contribution in [-0.2, 0) is 42.3 Å². The number of rotatable bonds is 0. The van der Waals surface area contributed by atoms with Crippen LogP contribution in [0.2, 0.25) is 0 Å². The van der Waals surface area contributed by atoms with E-state index in [1.54, 1.807) is 0 Å². The summed E-state index contributed by atoms with van der Waals surface area (Å²) in [6.45, 7) is 2.39. The predicted octanol–water partition coefficient (Wildman–Crippen LogP) is 1.17. The first-order valence-corrected chi connectivity index (χ1v) is 1.91. The first-order valence-electron chi connectivity index (χ1n) is 1.91. The van der Waals surface area contributed by atoms with Crippen LogP contribution in [0.15, 0.2) is 0 Å². The van der Waals surface area contributed by atoms with E-state index in [4.69, 9.17) is 21.1 Å². The smallest absolute Gasteiger partial charge is 0.0456 e. The van der Waals surface area contributed by atoms with Crippen LogP contribution in [0.1, 0.15) is 13.8 Å². The summed E-state index contributed by atoms with van der Waals surface area (Å²) >= 11 is 0. The van der Waals surface area contributed by atoms with Crippen LogP contribution in [0.4, 0.5) is 0 Å². The monoisotopic (exact) mass is 205 g/mol. The van der Waals surface area contributed by atoms with Gasteiger partial charge in [-0.1, -0.05) is 0 Å². The minimum absolute atomic E-state index is 0. The standard InChI is InChI=1S/2C2H5NO.Y/c2*1-2(3)4;/h2*1H3,(H2,3,4);/p-2. The van der Waals surface area contributed by atoms with Crippen molar-refractivity contribution >= 4 is 11.8 Å². The molecule has 0 saturated carbocycles. The third kappa shape index (κ3) is 152000. The van der Waals surface area contributed by atoms with E-state index in [-0.39, 0.29) is 32.7 Å². The molecule has 4 nitrogen and oxygen atoms in total. The molecule has 0 unspecified atom stereocenters. The molecule has 9 heavy (non-hydrogen) atoms. The fraction of sp³-hybridized carbons (Fsp3) is 0.500. The fourth-order valence-electron chi connectivity index (χ4n) is 0. The summed E-state index contributed by atoms with van der Waals surface area (Å²) in [6.07, 6.45) is 0. The Morgan fingerprint density at radius 3 is 1.00 bits per heavy atom. The van der Waals surface area contributed by atoms with Gasteiger partial charge in [0.1, 0.15) is 0 Å². The second-order valence-electron chi connectivity index (χ2n) is 1.11. The third-order valence-electron chi connectivity index (χ3n) is 0. The Kier molecular flexibility index (Phi) is 19.4. The maximum absolute atomic E-state index is 9.11. The third-order valence-corrected chi connectivity index (χ3v) is 0. The Bertz CT molecular complexity index is 74.6. The van der Waals surface area contributed by atoms with Crippen molar-refractivity contribution in [1.82, 2.24) is 0 Å². The van der Waals surface area contributed by atoms with Gasteiger partial charge in [0.05, 0.1) is 0 Å². The summed E-state index contributed by atoms with van der Waals surface area (Å²) in [4.78, 5) is 18.2. The first-order chi connectivity index (χ1) is 3.46. The molecule has 1 radical (unpaired) electrons. The molecule has 51 valence electrons. The summed E-state index contributed by atoms with van der Waals surface area (Å²) in [6, 6.07) is 0. The van der Waals surface area contributed by atoms with Gasteiger partial charge in [-0.15, -0.1) is 0 Å². The Labute approximate surface area is 79.2 Å². The molecule has 0 aliphatic carbocycles.